The summed E-state index contributed by atoms with van der Waals surface area (Å²) >= 11 is 0. The lowest BCUT2D eigenvalue weighted by atomic mass is 9.85. The van der Waals surface area contributed by atoms with Gasteiger partial charge in [-0.2, -0.15) is 0 Å². The third kappa shape index (κ3) is 4.59. The van der Waals surface area contributed by atoms with Crippen molar-refractivity contribution in [2.45, 2.75) is 39.7 Å². The Morgan fingerprint density at radius 3 is 2.86 bits per heavy atom. The Bertz CT molecular complexity index is 511. The molecule has 0 amide bonds. The van der Waals surface area contributed by atoms with E-state index in [9.17, 15) is 4.79 Å². The van der Waals surface area contributed by atoms with Gasteiger partial charge in [0, 0.05) is 6.04 Å². The van der Waals surface area contributed by atoms with E-state index in [1.165, 1.54) is 0 Å². The fraction of sp³-hybridized carbons (Fsp3) is 0.529. The molecular weight excluding hydrogens is 264 g/mol. The van der Waals surface area contributed by atoms with Crippen LogP contribution in [0.4, 0.5) is 5.82 Å². The van der Waals surface area contributed by atoms with Gasteiger partial charge in [0.05, 0.1) is 6.61 Å². The van der Waals surface area contributed by atoms with Crippen LogP contribution in [0.15, 0.2) is 30.4 Å². The second kappa shape index (κ2) is 7.25. The van der Waals surface area contributed by atoms with Crippen molar-refractivity contribution < 1.29 is 9.53 Å². The van der Waals surface area contributed by atoms with Crippen molar-refractivity contribution in [1.82, 2.24) is 4.98 Å². The van der Waals surface area contributed by atoms with Crippen LogP contribution < -0.4 is 5.32 Å². The molecule has 1 aliphatic carbocycles. The molecule has 0 saturated carbocycles. The first-order valence-corrected chi connectivity index (χ1v) is 7.62. The Morgan fingerprint density at radius 1 is 1.38 bits per heavy atom. The van der Waals surface area contributed by atoms with Crippen molar-refractivity contribution in [2.24, 2.45) is 11.8 Å². The van der Waals surface area contributed by atoms with Gasteiger partial charge >= 0.3 is 5.97 Å². The summed E-state index contributed by atoms with van der Waals surface area (Å²) in [7, 11) is 0. The topological polar surface area (TPSA) is 51.2 Å². The van der Waals surface area contributed by atoms with Crippen LogP contribution in [0, 0.1) is 11.8 Å². The number of ether oxygens (including phenoxy) is 1. The number of anilines is 1. The average Bonchev–Trinajstić information content (AvgIpc) is 2.45. The maximum Gasteiger partial charge on any atom is 0.357 e. The fourth-order valence-corrected chi connectivity index (χ4v) is 2.42. The molecule has 2 unspecified atom stereocenters. The van der Waals surface area contributed by atoms with Gasteiger partial charge in [-0.1, -0.05) is 25.1 Å². The SMILES string of the molecule is CC(C)Nc1cccc(C(=O)OCC2CC=CCC2C)n1. The Balaban J connectivity index is 1.92. The summed E-state index contributed by atoms with van der Waals surface area (Å²) in [6.45, 7) is 6.73. The molecule has 4 nitrogen and oxygen atoms in total. The summed E-state index contributed by atoms with van der Waals surface area (Å²) in [5.74, 6) is 1.33. The van der Waals surface area contributed by atoms with Crippen LogP contribution in [0.3, 0.4) is 0 Å². The van der Waals surface area contributed by atoms with Crippen molar-refractivity contribution in [3.8, 4) is 0 Å². The van der Waals surface area contributed by atoms with Crippen LogP contribution >= 0.6 is 0 Å². The molecule has 2 rings (SSSR count). The molecule has 0 radical (unpaired) electrons. The highest BCUT2D eigenvalue weighted by molar-refractivity contribution is 5.87. The third-order valence-corrected chi connectivity index (χ3v) is 3.74. The van der Waals surface area contributed by atoms with E-state index in [0.717, 1.165) is 12.8 Å². The number of aromatic nitrogens is 1. The zero-order valence-electron chi connectivity index (χ0n) is 13.0. The Morgan fingerprint density at radius 2 is 2.14 bits per heavy atom. The third-order valence-electron chi connectivity index (χ3n) is 3.74. The van der Waals surface area contributed by atoms with Crippen molar-refractivity contribution in [2.75, 3.05) is 11.9 Å². The van der Waals surface area contributed by atoms with Crippen LogP contribution in [0.25, 0.3) is 0 Å². The molecule has 0 aliphatic heterocycles. The second-order valence-electron chi connectivity index (χ2n) is 5.99. The lowest BCUT2D eigenvalue weighted by molar-refractivity contribution is 0.0389. The lowest BCUT2D eigenvalue weighted by Gasteiger charge is -2.24. The standard InChI is InChI=1S/C17H24N2O2/c1-12(2)18-16-10-6-9-15(19-16)17(20)21-11-14-8-5-4-7-13(14)3/h4-6,9-10,12-14H,7-8,11H2,1-3H3,(H,18,19). The molecule has 1 aromatic heterocycles. The number of pyridine rings is 1. The van der Waals surface area contributed by atoms with Crippen molar-refractivity contribution in [1.29, 1.82) is 0 Å². The highest BCUT2D eigenvalue weighted by atomic mass is 16.5. The number of allylic oxidation sites excluding steroid dienone is 2. The quantitative estimate of drug-likeness (QED) is 0.663. The molecule has 1 aromatic rings. The van der Waals surface area contributed by atoms with Gasteiger partial charge < -0.3 is 10.1 Å². The van der Waals surface area contributed by atoms with Crippen LogP contribution in [-0.2, 0) is 4.74 Å². The highest BCUT2D eigenvalue weighted by Gasteiger charge is 2.20. The number of hydrogen-bond donors (Lipinski definition) is 1. The first kappa shape index (κ1) is 15.5. The van der Waals surface area contributed by atoms with Gasteiger partial charge in [-0.05, 0) is 50.7 Å². The van der Waals surface area contributed by atoms with Crippen LogP contribution in [0.5, 0.6) is 0 Å². The molecule has 1 heterocycles. The molecule has 114 valence electrons. The zero-order valence-corrected chi connectivity index (χ0v) is 13.0. The predicted molar refractivity (Wildman–Crippen MR) is 84.3 cm³/mol. The summed E-state index contributed by atoms with van der Waals surface area (Å²) in [6.07, 6.45) is 6.42. The summed E-state index contributed by atoms with van der Waals surface area (Å²) in [5, 5.41) is 3.18. The molecule has 0 spiro atoms. The molecule has 21 heavy (non-hydrogen) atoms. The van der Waals surface area contributed by atoms with E-state index in [0.29, 0.717) is 30.0 Å². The van der Waals surface area contributed by atoms with E-state index in [-0.39, 0.29) is 12.0 Å². The number of nitrogens with zero attached hydrogens (tertiary/aromatic N) is 1. The number of carbonyl (C=O) groups excluding carboxylic acids is 1. The van der Waals surface area contributed by atoms with E-state index in [1.807, 2.05) is 26.0 Å². The number of carbonyl (C=O) groups is 1. The number of rotatable bonds is 5. The summed E-state index contributed by atoms with van der Waals surface area (Å²) in [4.78, 5) is 16.4. The van der Waals surface area contributed by atoms with E-state index in [4.69, 9.17) is 4.74 Å². The second-order valence-corrected chi connectivity index (χ2v) is 5.99. The van der Waals surface area contributed by atoms with Gasteiger partial charge in [0.25, 0.3) is 0 Å². The molecule has 0 aromatic carbocycles. The Hall–Kier alpha value is -1.84. The minimum absolute atomic E-state index is 0.277. The highest BCUT2D eigenvalue weighted by Crippen LogP contribution is 2.25. The van der Waals surface area contributed by atoms with Crippen molar-refractivity contribution in [3.05, 3.63) is 36.0 Å². The Kier molecular flexibility index (Phi) is 5.37. The maximum atomic E-state index is 12.1. The van der Waals surface area contributed by atoms with Crippen molar-refractivity contribution in [3.63, 3.8) is 0 Å². The maximum absolute atomic E-state index is 12.1. The summed E-state index contributed by atoms with van der Waals surface area (Å²) in [6, 6.07) is 5.64. The predicted octanol–water partition coefficient (Wildman–Crippen LogP) is 3.66. The molecule has 2 atom stereocenters. The van der Waals surface area contributed by atoms with Gasteiger partial charge in [0.1, 0.15) is 5.82 Å². The molecule has 1 N–H and O–H groups in total. The zero-order chi connectivity index (χ0) is 15.2. The van der Waals surface area contributed by atoms with Crippen molar-refractivity contribution >= 4 is 11.8 Å². The normalized spacial score (nSPS) is 21.3. The largest absolute Gasteiger partial charge is 0.461 e. The molecule has 1 aliphatic rings. The molecular formula is C17H24N2O2. The average molecular weight is 288 g/mol. The minimum Gasteiger partial charge on any atom is -0.461 e. The molecule has 0 bridgehead atoms. The minimum atomic E-state index is -0.343. The fourth-order valence-electron chi connectivity index (χ4n) is 2.42. The molecule has 0 fully saturated rings. The monoisotopic (exact) mass is 288 g/mol. The van der Waals surface area contributed by atoms with E-state index < -0.39 is 0 Å². The lowest BCUT2D eigenvalue weighted by Crippen LogP contribution is -2.22. The Labute approximate surface area is 126 Å². The number of hydrogen-bond acceptors (Lipinski definition) is 4. The number of nitrogens with one attached hydrogen (secondary N) is 1. The van der Waals surface area contributed by atoms with Gasteiger partial charge in [-0.3, -0.25) is 0 Å². The van der Waals surface area contributed by atoms with Crippen LogP contribution in [0.1, 0.15) is 44.1 Å². The summed E-state index contributed by atoms with van der Waals surface area (Å²) < 4.78 is 5.43. The van der Waals surface area contributed by atoms with Gasteiger partial charge in [0.2, 0.25) is 0 Å². The molecule has 4 heteroatoms. The summed E-state index contributed by atoms with van der Waals surface area (Å²) in [5.41, 5.74) is 0.361. The van der Waals surface area contributed by atoms with E-state index in [1.54, 1.807) is 6.07 Å². The van der Waals surface area contributed by atoms with Gasteiger partial charge in [0.15, 0.2) is 5.69 Å². The number of esters is 1. The van der Waals surface area contributed by atoms with Crippen LogP contribution in [0.2, 0.25) is 0 Å². The first-order valence-electron chi connectivity index (χ1n) is 7.62. The molecule has 0 saturated heterocycles. The van der Waals surface area contributed by atoms with E-state index >= 15 is 0 Å². The first-order chi connectivity index (χ1) is 10.1. The van der Waals surface area contributed by atoms with Gasteiger partial charge in [-0.15, -0.1) is 0 Å². The van der Waals surface area contributed by atoms with Gasteiger partial charge in [-0.25, -0.2) is 9.78 Å². The van der Waals surface area contributed by atoms with Crippen LogP contribution in [-0.4, -0.2) is 23.6 Å². The van der Waals surface area contributed by atoms with E-state index in [2.05, 4.69) is 29.4 Å². The smallest absolute Gasteiger partial charge is 0.357 e.